The number of thioether (sulfide) groups is 1. The lowest BCUT2D eigenvalue weighted by atomic mass is 9.87. The zero-order valence-corrected chi connectivity index (χ0v) is 20.3. The number of nitrogens with one attached hydrogen (secondary N) is 1. The van der Waals surface area contributed by atoms with Gasteiger partial charge in [0.15, 0.2) is 5.96 Å². The van der Waals surface area contributed by atoms with Gasteiger partial charge >= 0.3 is 0 Å². The maximum atomic E-state index is 11.6. The fourth-order valence-electron chi connectivity index (χ4n) is 3.87. The van der Waals surface area contributed by atoms with Crippen LogP contribution in [0.5, 0.6) is 0 Å². The van der Waals surface area contributed by atoms with Crippen LogP contribution in [-0.2, 0) is 10.0 Å². The van der Waals surface area contributed by atoms with Crippen molar-refractivity contribution in [2.75, 3.05) is 51.8 Å². The lowest BCUT2D eigenvalue weighted by Gasteiger charge is -2.45. The largest absolute Gasteiger partial charge is 0.356 e. The SMILES string of the molecule is CCN(CCCNC(=NC)N1CCSC2(CCCCC2)C1)S(C)(=O)=O.I. The molecule has 1 N–H and O–H groups in total. The van der Waals surface area contributed by atoms with Crippen molar-refractivity contribution in [1.29, 1.82) is 0 Å². The summed E-state index contributed by atoms with van der Waals surface area (Å²) in [5.74, 6) is 2.13. The average Bonchev–Trinajstić information content (AvgIpc) is 2.58. The van der Waals surface area contributed by atoms with Gasteiger partial charge in [-0.1, -0.05) is 26.2 Å². The van der Waals surface area contributed by atoms with E-state index < -0.39 is 10.0 Å². The van der Waals surface area contributed by atoms with E-state index in [1.165, 1.54) is 48.4 Å². The van der Waals surface area contributed by atoms with Crippen LogP contribution in [-0.4, -0.2) is 80.1 Å². The topological polar surface area (TPSA) is 65.0 Å². The van der Waals surface area contributed by atoms with E-state index in [9.17, 15) is 8.42 Å². The Morgan fingerprint density at radius 2 is 2.00 bits per heavy atom. The van der Waals surface area contributed by atoms with Gasteiger partial charge in [-0.3, -0.25) is 4.99 Å². The van der Waals surface area contributed by atoms with Crippen LogP contribution in [0.1, 0.15) is 45.4 Å². The van der Waals surface area contributed by atoms with Gasteiger partial charge < -0.3 is 10.2 Å². The summed E-state index contributed by atoms with van der Waals surface area (Å²) in [5, 5.41) is 3.44. The van der Waals surface area contributed by atoms with Crippen molar-refractivity contribution in [2.24, 2.45) is 4.99 Å². The van der Waals surface area contributed by atoms with Crippen molar-refractivity contribution in [2.45, 2.75) is 50.2 Å². The third-order valence-corrected chi connectivity index (χ3v) is 8.13. The zero-order valence-electron chi connectivity index (χ0n) is 16.4. The first-order valence-corrected chi connectivity index (χ1v) is 12.3. The van der Waals surface area contributed by atoms with Crippen LogP contribution >= 0.6 is 35.7 Å². The molecule has 6 nitrogen and oxygen atoms in total. The smallest absolute Gasteiger partial charge is 0.211 e. The number of rotatable bonds is 6. The predicted octanol–water partition coefficient (Wildman–Crippen LogP) is 2.60. The molecule has 1 aliphatic heterocycles. The summed E-state index contributed by atoms with van der Waals surface area (Å²) >= 11 is 2.16. The lowest BCUT2D eigenvalue weighted by molar-refractivity contribution is 0.293. The molecule has 2 aliphatic rings. The number of nitrogens with zero attached hydrogens (tertiary/aromatic N) is 3. The molecule has 1 saturated carbocycles. The Morgan fingerprint density at radius 3 is 2.58 bits per heavy atom. The highest BCUT2D eigenvalue weighted by Gasteiger charge is 2.38. The van der Waals surface area contributed by atoms with Crippen molar-refractivity contribution in [3.05, 3.63) is 0 Å². The Balaban J connectivity index is 0.00000338. The Hall–Kier alpha value is 0.260. The average molecular weight is 519 g/mol. The van der Waals surface area contributed by atoms with Gasteiger partial charge in [0.05, 0.1) is 6.26 Å². The van der Waals surface area contributed by atoms with Gasteiger partial charge in [-0.05, 0) is 19.3 Å². The molecule has 1 spiro atoms. The molecule has 1 aliphatic carbocycles. The van der Waals surface area contributed by atoms with E-state index >= 15 is 0 Å². The number of aliphatic imine (C=N–C) groups is 1. The van der Waals surface area contributed by atoms with Gasteiger partial charge in [0.25, 0.3) is 0 Å². The molecule has 0 aromatic heterocycles. The second kappa shape index (κ2) is 11.3. The molecule has 9 heteroatoms. The molecular weight excluding hydrogens is 483 g/mol. The van der Waals surface area contributed by atoms with Crippen molar-refractivity contribution in [3.8, 4) is 0 Å². The van der Waals surface area contributed by atoms with Crippen molar-refractivity contribution in [3.63, 3.8) is 0 Å². The first-order valence-electron chi connectivity index (χ1n) is 9.45. The van der Waals surface area contributed by atoms with Crippen LogP contribution in [0.15, 0.2) is 4.99 Å². The number of hydrogen-bond acceptors (Lipinski definition) is 4. The maximum Gasteiger partial charge on any atom is 0.211 e. The number of guanidine groups is 1. The fourth-order valence-corrected chi connectivity index (χ4v) is 6.37. The van der Waals surface area contributed by atoms with Crippen LogP contribution in [0, 0.1) is 0 Å². The molecule has 1 saturated heterocycles. The molecule has 0 aromatic carbocycles. The van der Waals surface area contributed by atoms with E-state index in [1.54, 1.807) is 0 Å². The Bertz CT molecular complexity index is 545. The first-order chi connectivity index (χ1) is 11.9. The maximum absolute atomic E-state index is 11.6. The Labute approximate surface area is 181 Å². The van der Waals surface area contributed by atoms with Crippen LogP contribution in [0.25, 0.3) is 0 Å². The van der Waals surface area contributed by atoms with Crippen molar-refractivity contribution >= 4 is 51.7 Å². The van der Waals surface area contributed by atoms with Crippen LogP contribution in [0.2, 0.25) is 0 Å². The minimum atomic E-state index is -3.10. The third kappa shape index (κ3) is 7.01. The van der Waals surface area contributed by atoms with Crippen molar-refractivity contribution in [1.82, 2.24) is 14.5 Å². The summed E-state index contributed by atoms with van der Waals surface area (Å²) in [7, 11) is -1.26. The van der Waals surface area contributed by atoms with E-state index in [-0.39, 0.29) is 24.0 Å². The second-order valence-electron chi connectivity index (χ2n) is 7.10. The predicted molar refractivity (Wildman–Crippen MR) is 123 cm³/mol. The normalized spacial score (nSPS) is 20.9. The molecule has 0 unspecified atom stereocenters. The fraction of sp³-hybridized carbons (Fsp3) is 0.941. The lowest BCUT2D eigenvalue weighted by Crippen LogP contribution is -2.53. The van der Waals surface area contributed by atoms with Gasteiger partial charge in [-0.2, -0.15) is 11.8 Å². The second-order valence-corrected chi connectivity index (χ2v) is 10.6. The molecule has 0 aromatic rings. The number of sulfonamides is 1. The van der Waals surface area contributed by atoms with E-state index in [1.807, 2.05) is 14.0 Å². The summed E-state index contributed by atoms with van der Waals surface area (Å²) in [5.41, 5.74) is 0. The minimum Gasteiger partial charge on any atom is -0.356 e. The minimum absolute atomic E-state index is 0. The van der Waals surface area contributed by atoms with Crippen LogP contribution < -0.4 is 5.32 Å². The molecular formula is C17H35IN4O2S2. The van der Waals surface area contributed by atoms with Crippen LogP contribution in [0.4, 0.5) is 0 Å². The first kappa shape index (κ1) is 24.3. The van der Waals surface area contributed by atoms with Gasteiger partial charge in [0, 0.05) is 50.3 Å². The quantitative estimate of drug-likeness (QED) is 0.254. The number of halogens is 1. The van der Waals surface area contributed by atoms with Gasteiger partial charge in [-0.15, -0.1) is 24.0 Å². The molecule has 2 rings (SSSR count). The Kier molecular flexibility index (Phi) is 10.6. The Morgan fingerprint density at radius 1 is 1.31 bits per heavy atom. The van der Waals surface area contributed by atoms with Gasteiger partial charge in [0.2, 0.25) is 10.0 Å². The highest BCUT2D eigenvalue weighted by molar-refractivity contribution is 14.0. The molecule has 2 fully saturated rings. The molecule has 154 valence electrons. The molecule has 0 bridgehead atoms. The molecule has 0 atom stereocenters. The summed E-state index contributed by atoms with van der Waals surface area (Å²) in [6, 6.07) is 0. The molecule has 0 amide bonds. The number of hydrogen-bond donors (Lipinski definition) is 1. The van der Waals surface area contributed by atoms with Crippen molar-refractivity contribution < 1.29 is 8.42 Å². The summed E-state index contributed by atoms with van der Waals surface area (Å²) < 4.78 is 25.2. The monoisotopic (exact) mass is 518 g/mol. The molecule has 1 heterocycles. The van der Waals surface area contributed by atoms with E-state index in [0.29, 0.717) is 17.8 Å². The summed E-state index contributed by atoms with van der Waals surface area (Å²) in [4.78, 5) is 6.86. The highest BCUT2D eigenvalue weighted by atomic mass is 127. The summed E-state index contributed by atoms with van der Waals surface area (Å²) in [6.45, 7) is 5.83. The van der Waals surface area contributed by atoms with E-state index in [2.05, 4.69) is 27.0 Å². The highest BCUT2D eigenvalue weighted by Crippen LogP contribution is 2.42. The standard InChI is InChI=1S/C17H34N4O2S2.HI/c1-4-21(25(3,22)23)12-8-11-19-16(18-2)20-13-14-24-17(15-20)9-6-5-7-10-17;/h4-15H2,1-3H3,(H,18,19);1H. The zero-order chi connectivity index (χ0) is 18.3. The summed E-state index contributed by atoms with van der Waals surface area (Å²) in [6.07, 6.45) is 8.79. The van der Waals surface area contributed by atoms with Gasteiger partial charge in [-0.25, -0.2) is 12.7 Å². The molecule has 0 radical (unpaired) electrons. The molecule has 26 heavy (non-hydrogen) atoms. The van der Waals surface area contributed by atoms with E-state index in [4.69, 9.17) is 0 Å². The third-order valence-electron chi connectivity index (χ3n) is 5.21. The van der Waals surface area contributed by atoms with Crippen LogP contribution in [0.3, 0.4) is 0 Å². The van der Waals surface area contributed by atoms with Gasteiger partial charge in [0.1, 0.15) is 0 Å². The van der Waals surface area contributed by atoms with E-state index in [0.717, 1.165) is 32.0 Å².